The van der Waals surface area contributed by atoms with Gasteiger partial charge in [0.15, 0.2) is 23.0 Å². The lowest BCUT2D eigenvalue weighted by molar-refractivity contribution is -0.138. The van der Waals surface area contributed by atoms with E-state index >= 15 is 0 Å². The lowest BCUT2D eigenvalue weighted by atomic mass is 9.91. The summed E-state index contributed by atoms with van der Waals surface area (Å²) >= 11 is 3.44. The van der Waals surface area contributed by atoms with Crippen LogP contribution in [0.15, 0.2) is 27.2 Å². The van der Waals surface area contributed by atoms with Gasteiger partial charge in [0.1, 0.15) is 0 Å². The van der Waals surface area contributed by atoms with E-state index in [4.69, 9.17) is 19.1 Å². The molecule has 0 radical (unpaired) electrons. The van der Waals surface area contributed by atoms with Crippen molar-refractivity contribution in [1.82, 2.24) is 5.16 Å². The molecule has 6 nitrogen and oxygen atoms in total. The Morgan fingerprint density at radius 2 is 1.95 bits per heavy atom. The molecule has 1 saturated carbocycles. The molecule has 0 amide bonds. The molecule has 0 atom stereocenters. The van der Waals surface area contributed by atoms with E-state index in [0.29, 0.717) is 22.8 Å². The van der Waals surface area contributed by atoms with Crippen molar-refractivity contribution in [2.24, 2.45) is 0 Å². The minimum atomic E-state index is -1.13. The number of aromatic nitrogens is 1. The Morgan fingerprint density at radius 3 is 2.52 bits per heavy atom. The predicted molar refractivity (Wildman–Crippen MR) is 74.4 cm³/mol. The van der Waals surface area contributed by atoms with Crippen LogP contribution in [0.4, 0.5) is 0 Å². The molecule has 2 aliphatic rings. The fourth-order valence-corrected chi connectivity index (χ4v) is 3.00. The highest BCUT2D eigenvalue weighted by atomic mass is 79.9. The van der Waals surface area contributed by atoms with Crippen LogP contribution in [0.2, 0.25) is 0 Å². The molecule has 1 aromatic carbocycles. The summed E-state index contributed by atoms with van der Waals surface area (Å²) < 4.78 is 17.6. The Morgan fingerprint density at radius 1 is 1.24 bits per heavy atom. The second-order valence-corrected chi connectivity index (χ2v) is 5.98. The number of carboxylic acid groups (broad SMARTS) is 1. The summed E-state index contributed by atoms with van der Waals surface area (Å²) in [6.07, 6.45) is 2.84. The average molecular weight is 352 g/mol. The van der Waals surface area contributed by atoms with Gasteiger partial charge in [0.05, 0.1) is 0 Å². The fraction of sp³-hybridized carbons (Fsp3) is 0.286. The topological polar surface area (TPSA) is 81.8 Å². The Balaban J connectivity index is 1.74. The number of aromatic carboxylic acids is 1. The summed E-state index contributed by atoms with van der Waals surface area (Å²) in [4.78, 5) is 10.9. The third-order valence-corrected chi connectivity index (χ3v) is 4.39. The number of carbonyl (C=O) groups is 1. The second-order valence-electron chi connectivity index (χ2n) is 5.13. The first-order valence-electron chi connectivity index (χ1n) is 6.48. The van der Waals surface area contributed by atoms with E-state index in [1.165, 1.54) is 6.07 Å². The Hall–Kier alpha value is -2.02. The lowest BCUT2D eigenvalue weighted by Gasteiger charge is -2.35. The van der Waals surface area contributed by atoms with Gasteiger partial charge in [-0.1, -0.05) is 5.16 Å². The maximum atomic E-state index is 10.9. The zero-order chi connectivity index (χ0) is 14.6. The highest BCUT2D eigenvalue weighted by molar-refractivity contribution is 9.10. The first kappa shape index (κ1) is 12.7. The predicted octanol–water partition coefficient (Wildman–Crippen LogP) is 3.45. The molecule has 1 aliphatic heterocycles. The number of ether oxygens (including phenoxy) is 2. The summed E-state index contributed by atoms with van der Waals surface area (Å²) in [6, 6.07) is 4.96. The molecule has 2 aromatic rings. The van der Waals surface area contributed by atoms with Crippen molar-refractivity contribution in [1.29, 1.82) is 0 Å². The number of carboxylic acids is 1. The molecular weight excluding hydrogens is 342 g/mol. The van der Waals surface area contributed by atoms with Gasteiger partial charge >= 0.3 is 5.97 Å². The quantitative estimate of drug-likeness (QED) is 0.892. The Kier molecular flexibility index (Phi) is 2.56. The maximum absolute atomic E-state index is 10.9. The zero-order valence-electron chi connectivity index (χ0n) is 10.8. The van der Waals surface area contributed by atoms with E-state index < -0.39 is 11.8 Å². The Bertz CT molecular complexity index is 750. The molecule has 1 aromatic heterocycles. The average Bonchev–Trinajstić information content (AvgIpc) is 3.00. The molecule has 1 N–H and O–H groups in total. The number of hydrogen-bond donors (Lipinski definition) is 1. The van der Waals surface area contributed by atoms with Crippen molar-refractivity contribution in [3.05, 3.63) is 28.4 Å². The third kappa shape index (κ3) is 1.91. The van der Waals surface area contributed by atoms with Gasteiger partial charge in [-0.05, 0) is 34.5 Å². The van der Waals surface area contributed by atoms with Gasteiger partial charge < -0.3 is 19.1 Å². The fourth-order valence-electron chi connectivity index (χ4n) is 2.48. The van der Waals surface area contributed by atoms with Crippen molar-refractivity contribution >= 4 is 21.9 Å². The van der Waals surface area contributed by atoms with Crippen molar-refractivity contribution in [3.63, 3.8) is 0 Å². The molecule has 2 heterocycles. The van der Waals surface area contributed by atoms with E-state index in [0.717, 1.165) is 23.7 Å². The van der Waals surface area contributed by atoms with Crippen LogP contribution in [0.5, 0.6) is 11.5 Å². The molecule has 0 saturated heterocycles. The first-order valence-corrected chi connectivity index (χ1v) is 7.28. The summed E-state index contributed by atoms with van der Waals surface area (Å²) in [6.45, 7) is 0. The molecule has 1 spiro atoms. The van der Waals surface area contributed by atoms with Crippen molar-refractivity contribution in [3.8, 4) is 22.8 Å². The normalized spacial score (nSPS) is 17.8. The SMILES string of the molecule is O=C(O)c1cc(-c2cc3c(cc2Br)OC2(CCC2)O3)on1. The minimum absolute atomic E-state index is 0.134. The van der Waals surface area contributed by atoms with Crippen LogP contribution in [0, 0.1) is 0 Å². The van der Waals surface area contributed by atoms with Crippen LogP contribution < -0.4 is 9.47 Å². The molecule has 1 aliphatic carbocycles. The van der Waals surface area contributed by atoms with E-state index in [-0.39, 0.29) is 5.69 Å². The highest BCUT2D eigenvalue weighted by Crippen LogP contribution is 2.50. The minimum Gasteiger partial charge on any atom is -0.476 e. The summed E-state index contributed by atoms with van der Waals surface area (Å²) in [5.74, 6) is 0.0496. The lowest BCUT2D eigenvalue weighted by Crippen LogP contribution is -2.45. The second kappa shape index (κ2) is 4.24. The van der Waals surface area contributed by atoms with Crippen molar-refractivity contribution in [2.45, 2.75) is 25.0 Å². The van der Waals surface area contributed by atoms with Gasteiger partial charge in [-0.3, -0.25) is 0 Å². The molecule has 1 fully saturated rings. The van der Waals surface area contributed by atoms with Gasteiger partial charge in [0.2, 0.25) is 0 Å². The number of fused-ring (bicyclic) bond motifs is 1. The van der Waals surface area contributed by atoms with Crippen molar-refractivity contribution < 1.29 is 23.9 Å². The first-order chi connectivity index (χ1) is 10.1. The van der Waals surface area contributed by atoms with Gasteiger partial charge in [-0.15, -0.1) is 0 Å². The summed E-state index contributed by atoms with van der Waals surface area (Å²) in [5.41, 5.74) is 0.541. The molecule has 108 valence electrons. The number of rotatable bonds is 2. The van der Waals surface area contributed by atoms with Crippen LogP contribution >= 0.6 is 15.9 Å². The smallest absolute Gasteiger partial charge is 0.358 e. The molecule has 0 unspecified atom stereocenters. The van der Waals surface area contributed by atoms with Crippen LogP contribution in [-0.2, 0) is 0 Å². The third-order valence-electron chi connectivity index (χ3n) is 3.74. The molecule has 0 bridgehead atoms. The number of benzene rings is 1. The Labute approximate surface area is 127 Å². The number of nitrogens with zero attached hydrogens (tertiary/aromatic N) is 1. The number of hydrogen-bond acceptors (Lipinski definition) is 5. The molecule has 21 heavy (non-hydrogen) atoms. The molecule has 4 rings (SSSR count). The molecular formula is C14H10BrNO5. The van der Waals surface area contributed by atoms with E-state index in [1.807, 2.05) is 0 Å². The summed E-state index contributed by atoms with van der Waals surface area (Å²) in [7, 11) is 0. The largest absolute Gasteiger partial charge is 0.476 e. The van der Waals surface area contributed by atoms with Gasteiger partial charge in [0, 0.05) is 28.9 Å². The van der Waals surface area contributed by atoms with Gasteiger partial charge in [-0.25, -0.2) is 4.79 Å². The van der Waals surface area contributed by atoms with Crippen LogP contribution in [-0.4, -0.2) is 22.0 Å². The monoisotopic (exact) mass is 351 g/mol. The van der Waals surface area contributed by atoms with E-state index in [2.05, 4.69) is 21.1 Å². The highest BCUT2D eigenvalue weighted by Gasteiger charge is 2.47. The van der Waals surface area contributed by atoms with Gasteiger partial charge in [-0.2, -0.15) is 0 Å². The zero-order valence-corrected chi connectivity index (χ0v) is 12.3. The molecule has 7 heteroatoms. The van der Waals surface area contributed by atoms with Crippen LogP contribution in [0.25, 0.3) is 11.3 Å². The van der Waals surface area contributed by atoms with Gasteiger partial charge in [0.25, 0.3) is 5.79 Å². The standard InChI is InChI=1S/C14H10BrNO5/c15-8-5-12-11(19-14(20-12)2-1-3-14)4-7(8)10-6-9(13(17)18)16-21-10/h4-6H,1-3H2,(H,17,18). The van der Waals surface area contributed by atoms with Crippen molar-refractivity contribution in [2.75, 3.05) is 0 Å². The maximum Gasteiger partial charge on any atom is 0.358 e. The number of halogens is 1. The van der Waals surface area contributed by atoms with Crippen LogP contribution in [0.1, 0.15) is 29.8 Å². The summed E-state index contributed by atoms with van der Waals surface area (Å²) in [5, 5.41) is 12.4. The van der Waals surface area contributed by atoms with E-state index in [9.17, 15) is 4.79 Å². The van der Waals surface area contributed by atoms with E-state index in [1.54, 1.807) is 12.1 Å². The van der Waals surface area contributed by atoms with Crippen LogP contribution in [0.3, 0.4) is 0 Å².